The van der Waals surface area contributed by atoms with E-state index in [2.05, 4.69) is 22.2 Å². The van der Waals surface area contributed by atoms with Gasteiger partial charge >= 0.3 is 0 Å². The van der Waals surface area contributed by atoms with Gasteiger partial charge in [-0.25, -0.2) is 0 Å². The third kappa shape index (κ3) is 4.80. The van der Waals surface area contributed by atoms with Gasteiger partial charge in [0.05, 0.1) is 18.3 Å². The maximum Gasteiger partial charge on any atom is 0.251 e. The average Bonchev–Trinajstić information content (AvgIpc) is 3.13. The first-order chi connectivity index (χ1) is 14.1. The molecule has 1 atom stereocenters. The molecule has 1 saturated heterocycles. The minimum atomic E-state index is -0.0317. The van der Waals surface area contributed by atoms with Gasteiger partial charge in [-0.05, 0) is 56.1 Å². The molecule has 1 amide bonds. The van der Waals surface area contributed by atoms with Crippen LogP contribution in [0.4, 0.5) is 0 Å². The van der Waals surface area contributed by atoms with Gasteiger partial charge in [-0.15, -0.1) is 0 Å². The van der Waals surface area contributed by atoms with E-state index in [9.17, 15) is 4.79 Å². The van der Waals surface area contributed by atoms with Crippen molar-refractivity contribution in [2.75, 3.05) is 19.6 Å². The van der Waals surface area contributed by atoms with Crippen molar-refractivity contribution in [2.45, 2.75) is 38.8 Å². The first kappa shape index (κ1) is 19.9. The SMILES string of the molecule is C[C@@H]1CCCCN1CCNC(=O)c1ccc2cnn(Cc3ccc(Cl)cc3)c2c1. The maximum absolute atomic E-state index is 12.7. The van der Waals surface area contributed by atoms with Crippen molar-refractivity contribution in [3.05, 3.63) is 64.8 Å². The fourth-order valence-corrected chi connectivity index (χ4v) is 4.13. The lowest BCUT2D eigenvalue weighted by Gasteiger charge is -2.33. The molecule has 152 valence electrons. The van der Waals surface area contributed by atoms with Crippen LogP contribution in [0.1, 0.15) is 42.1 Å². The number of piperidine rings is 1. The van der Waals surface area contributed by atoms with Crippen LogP contribution < -0.4 is 5.32 Å². The molecule has 2 heterocycles. The van der Waals surface area contributed by atoms with Gasteiger partial charge in [0, 0.05) is 35.1 Å². The van der Waals surface area contributed by atoms with E-state index in [-0.39, 0.29) is 5.91 Å². The number of hydrogen-bond donors (Lipinski definition) is 1. The standard InChI is InChI=1S/C23H27ClN4O/c1-17-4-2-3-12-27(17)13-11-25-23(29)19-7-8-20-15-26-28(22(20)14-19)16-18-5-9-21(24)10-6-18/h5-10,14-15,17H,2-4,11-13,16H2,1H3,(H,25,29)/t17-/m1/s1. The van der Waals surface area contributed by atoms with Crippen molar-refractivity contribution in [2.24, 2.45) is 0 Å². The lowest BCUT2D eigenvalue weighted by Crippen LogP contribution is -2.42. The molecule has 0 bridgehead atoms. The maximum atomic E-state index is 12.7. The molecule has 2 aromatic carbocycles. The summed E-state index contributed by atoms with van der Waals surface area (Å²) in [5.41, 5.74) is 2.74. The van der Waals surface area contributed by atoms with Crippen LogP contribution in [0, 0.1) is 0 Å². The number of fused-ring (bicyclic) bond motifs is 1. The average molecular weight is 411 g/mol. The predicted molar refractivity (Wildman–Crippen MR) is 118 cm³/mol. The molecule has 0 spiro atoms. The predicted octanol–water partition coefficient (Wildman–Crippen LogP) is 4.34. The van der Waals surface area contributed by atoms with Crippen molar-refractivity contribution in [3.63, 3.8) is 0 Å². The molecule has 1 aliphatic heterocycles. The minimum Gasteiger partial charge on any atom is -0.351 e. The van der Waals surface area contributed by atoms with Crippen molar-refractivity contribution < 1.29 is 4.79 Å². The number of benzene rings is 2. The topological polar surface area (TPSA) is 50.2 Å². The summed E-state index contributed by atoms with van der Waals surface area (Å²) in [4.78, 5) is 15.1. The number of amides is 1. The quantitative estimate of drug-likeness (QED) is 0.657. The molecule has 1 fully saturated rings. The Morgan fingerprint density at radius 1 is 1.21 bits per heavy atom. The van der Waals surface area contributed by atoms with E-state index in [1.54, 1.807) is 0 Å². The Bertz CT molecular complexity index is 982. The van der Waals surface area contributed by atoms with E-state index in [0.717, 1.165) is 34.6 Å². The fourth-order valence-electron chi connectivity index (χ4n) is 4.01. The lowest BCUT2D eigenvalue weighted by molar-refractivity contribution is 0.0938. The summed E-state index contributed by atoms with van der Waals surface area (Å²) in [5.74, 6) is -0.0317. The van der Waals surface area contributed by atoms with E-state index in [1.807, 2.05) is 53.3 Å². The van der Waals surface area contributed by atoms with Gasteiger partial charge in [-0.1, -0.05) is 36.2 Å². The van der Waals surface area contributed by atoms with Crippen molar-refractivity contribution in [3.8, 4) is 0 Å². The molecule has 4 rings (SSSR count). The number of halogens is 1. The lowest BCUT2D eigenvalue weighted by atomic mass is 10.0. The Hall–Kier alpha value is -2.37. The van der Waals surface area contributed by atoms with E-state index < -0.39 is 0 Å². The second kappa shape index (κ2) is 8.97. The molecule has 6 heteroatoms. The third-order valence-corrected chi connectivity index (χ3v) is 6.03. The van der Waals surface area contributed by atoms with Crippen LogP contribution in [0.25, 0.3) is 10.9 Å². The van der Waals surface area contributed by atoms with Gasteiger partial charge in [-0.3, -0.25) is 14.4 Å². The van der Waals surface area contributed by atoms with E-state index in [0.29, 0.717) is 24.7 Å². The highest BCUT2D eigenvalue weighted by Crippen LogP contribution is 2.19. The first-order valence-electron chi connectivity index (χ1n) is 10.3. The molecule has 1 N–H and O–H groups in total. The Labute approximate surface area is 176 Å². The number of nitrogens with one attached hydrogen (secondary N) is 1. The number of carbonyl (C=O) groups excluding carboxylic acids is 1. The number of rotatable bonds is 6. The van der Waals surface area contributed by atoms with Gasteiger partial charge in [0.25, 0.3) is 5.91 Å². The molecular weight excluding hydrogens is 384 g/mol. The van der Waals surface area contributed by atoms with Gasteiger partial charge in [0.2, 0.25) is 0 Å². The number of carbonyl (C=O) groups is 1. The molecule has 0 unspecified atom stereocenters. The van der Waals surface area contributed by atoms with Crippen LogP contribution in [0.15, 0.2) is 48.7 Å². The van der Waals surface area contributed by atoms with E-state index in [4.69, 9.17) is 11.6 Å². The normalized spacial score (nSPS) is 17.5. The van der Waals surface area contributed by atoms with Crippen LogP contribution in [-0.4, -0.2) is 46.3 Å². The van der Waals surface area contributed by atoms with Gasteiger partial charge in [0.1, 0.15) is 0 Å². The van der Waals surface area contributed by atoms with Gasteiger partial charge in [-0.2, -0.15) is 5.10 Å². The number of hydrogen-bond acceptors (Lipinski definition) is 3. The molecule has 1 aromatic heterocycles. The van der Waals surface area contributed by atoms with Crippen LogP contribution in [-0.2, 0) is 6.54 Å². The number of nitrogens with zero attached hydrogens (tertiary/aromatic N) is 3. The molecule has 29 heavy (non-hydrogen) atoms. The smallest absolute Gasteiger partial charge is 0.251 e. The second-order valence-corrected chi connectivity index (χ2v) is 8.28. The molecule has 5 nitrogen and oxygen atoms in total. The van der Waals surface area contributed by atoms with E-state index in [1.165, 1.54) is 19.3 Å². The summed E-state index contributed by atoms with van der Waals surface area (Å²) in [5, 5.41) is 9.31. The zero-order valence-electron chi connectivity index (χ0n) is 16.8. The monoisotopic (exact) mass is 410 g/mol. The summed E-state index contributed by atoms with van der Waals surface area (Å²) in [6, 6.07) is 14.1. The zero-order valence-corrected chi connectivity index (χ0v) is 17.5. The van der Waals surface area contributed by atoms with Crippen LogP contribution in [0.5, 0.6) is 0 Å². The molecular formula is C23H27ClN4O. The molecule has 1 aliphatic rings. The largest absolute Gasteiger partial charge is 0.351 e. The first-order valence-corrected chi connectivity index (χ1v) is 10.7. The minimum absolute atomic E-state index is 0.0317. The van der Waals surface area contributed by atoms with Crippen LogP contribution >= 0.6 is 11.6 Å². The van der Waals surface area contributed by atoms with Gasteiger partial charge < -0.3 is 5.32 Å². The summed E-state index contributed by atoms with van der Waals surface area (Å²) >= 11 is 5.97. The Morgan fingerprint density at radius 2 is 2.03 bits per heavy atom. The van der Waals surface area contributed by atoms with Crippen molar-refractivity contribution in [1.82, 2.24) is 20.0 Å². The summed E-state index contributed by atoms with van der Waals surface area (Å²) in [6.07, 6.45) is 5.66. The summed E-state index contributed by atoms with van der Waals surface area (Å²) in [6.45, 7) is 5.62. The fraction of sp³-hybridized carbons (Fsp3) is 0.391. The number of likely N-dealkylation sites (tertiary alicyclic amines) is 1. The Balaban J connectivity index is 1.42. The summed E-state index contributed by atoms with van der Waals surface area (Å²) in [7, 11) is 0. The summed E-state index contributed by atoms with van der Waals surface area (Å²) < 4.78 is 1.92. The zero-order chi connectivity index (χ0) is 20.2. The molecule has 3 aromatic rings. The highest BCUT2D eigenvalue weighted by atomic mass is 35.5. The van der Waals surface area contributed by atoms with Gasteiger partial charge in [0.15, 0.2) is 0 Å². The van der Waals surface area contributed by atoms with Crippen LogP contribution in [0.2, 0.25) is 5.02 Å². The highest BCUT2D eigenvalue weighted by Gasteiger charge is 2.18. The molecule has 0 aliphatic carbocycles. The Morgan fingerprint density at radius 3 is 2.83 bits per heavy atom. The van der Waals surface area contributed by atoms with Crippen molar-refractivity contribution in [1.29, 1.82) is 0 Å². The second-order valence-electron chi connectivity index (χ2n) is 7.84. The Kier molecular flexibility index (Phi) is 6.16. The van der Waals surface area contributed by atoms with Crippen molar-refractivity contribution >= 4 is 28.4 Å². The van der Waals surface area contributed by atoms with E-state index >= 15 is 0 Å². The third-order valence-electron chi connectivity index (χ3n) is 5.78. The highest BCUT2D eigenvalue weighted by molar-refractivity contribution is 6.30. The molecule has 0 saturated carbocycles. The van der Waals surface area contributed by atoms with Crippen LogP contribution in [0.3, 0.4) is 0 Å². The molecule has 0 radical (unpaired) electrons. The number of aromatic nitrogens is 2.